The fourth-order valence-electron chi connectivity index (χ4n) is 1.83. The van der Waals surface area contributed by atoms with Crippen molar-refractivity contribution in [3.05, 3.63) is 29.8 Å². The first-order chi connectivity index (χ1) is 8.30. The lowest BCUT2D eigenvalue weighted by molar-refractivity contribution is 0.182. The third-order valence-electron chi connectivity index (χ3n) is 3.02. The fourth-order valence-corrected chi connectivity index (χ4v) is 1.83. The summed E-state index contributed by atoms with van der Waals surface area (Å²) < 4.78 is 10.2. The summed E-state index contributed by atoms with van der Waals surface area (Å²) in [6, 6.07) is 8.80. The van der Waals surface area contributed by atoms with Gasteiger partial charge in [-0.2, -0.15) is 0 Å². The Hall–Kier alpha value is -1.06. The van der Waals surface area contributed by atoms with Crippen molar-refractivity contribution in [1.29, 1.82) is 0 Å². The molecule has 0 fully saturated rings. The Kier molecular flexibility index (Phi) is 6.67. The van der Waals surface area contributed by atoms with Gasteiger partial charge < -0.3 is 14.8 Å². The summed E-state index contributed by atoms with van der Waals surface area (Å²) in [5, 5.41) is 3.32. The van der Waals surface area contributed by atoms with Gasteiger partial charge in [0.25, 0.3) is 0 Å². The van der Waals surface area contributed by atoms with Crippen molar-refractivity contribution in [3.63, 3.8) is 0 Å². The maximum atomic E-state index is 5.14. The first-order valence-corrected chi connectivity index (χ1v) is 6.09. The number of hydrogen-bond donors (Lipinski definition) is 1. The molecule has 1 rings (SSSR count). The fraction of sp³-hybridized carbons (Fsp3) is 0.571. The van der Waals surface area contributed by atoms with Crippen LogP contribution in [-0.4, -0.2) is 33.9 Å². The van der Waals surface area contributed by atoms with Crippen LogP contribution < -0.4 is 10.1 Å². The van der Waals surface area contributed by atoms with Crippen molar-refractivity contribution < 1.29 is 9.47 Å². The van der Waals surface area contributed by atoms with E-state index in [9.17, 15) is 0 Å². The number of benzene rings is 1. The summed E-state index contributed by atoms with van der Waals surface area (Å²) in [4.78, 5) is 0. The Balaban J connectivity index is 2.36. The Morgan fingerprint density at radius 1 is 1.12 bits per heavy atom. The van der Waals surface area contributed by atoms with Gasteiger partial charge in [-0.1, -0.05) is 12.1 Å². The topological polar surface area (TPSA) is 30.5 Å². The van der Waals surface area contributed by atoms with E-state index in [1.54, 1.807) is 14.2 Å². The lowest BCUT2D eigenvalue weighted by Gasteiger charge is -2.15. The van der Waals surface area contributed by atoms with E-state index in [1.807, 2.05) is 19.2 Å². The molecule has 0 saturated heterocycles. The molecule has 0 heterocycles. The maximum Gasteiger partial charge on any atom is 0.118 e. The molecule has 0 aliphatic carbocycles. The highest BCUT2D eigenvalue weighted by Gasteiger charge is 2.05. The van der Waals surface area contributed by atoms with Gasteiger partial charge in [-0.25, -0.2) is 0 Å². The second-order valence-electron chi connectivity index (χ2n) is 4.15. The molecule has 0 bridgehead atoms. The zero-order valence-corrected chi connectivity index (χ0v) is 11.0. The third kappa shape index (κ3) is 5.20. The molecule has 0 spiro atoms. The molecule has 0 aliphatic rings. The summed E-state index contributed by atoms with van der Waals surface area (Å²) in [5.41, 5.74) is 1.35. The Labute approximate surface area is 104 Å². The smallest absolute Gasteiger partial charge is 0.118 e. The Morgan fingerprint density at radius 2 is 1.82 bits per heavy atom. The molecule has 0 radical (unpaired) electrons. The van der Waals surface area contributed by atoms with E-state index in [1.165, 1.54) is 5.56 Å². The number of hydrogen-bond acceptors (Lipinski definition) is 3. The zero-order chi connectivity index (χ0) is 12.5. The molecular formula is C14H23NO2. The van der Waals surface area contributed by atoms with E-state index in [2.05, 4.69) is 17.4 Å². The molecule has 3 nitrogen and oxygen atoms in total. The molecule has 0 saturated carbocycles. The molecule has 3 heteroatoms. The average Bonchev–Trinajstić information content (AvgIpc) is 2.39. The van der Waals surface area contributed by atoms with Gasteiger partial charge in [-0.15, -0.1) is 0 Å². The highest BCUT2D eigenvalue weighted by atomic mass is 16.5. The monoisotopic (exact) mass is 237 g/mol. The third-order valence-corrected chi connectivity index (χ3v) is 3.02. The number of nitrogens with one attached hydrogen (secondary N) is 1. The van der Waals surface area contributed by atoms with Crippen molar-refractivity contribution in [2.75, 3.05) is 27.9 Å². The first kappa shape index (κ1) is 14.0. The largest absolute Gasteiger partial charge is 0.497 e. The lowest BCUT2D eigenvalue weighted by atomic mass is 10.0. The minimum Gasteiger partial charge on any atom is -0.497 e. The van der Waals surface area contributed by atoms with Crippen LogP contribution >= 0.6 is 0 Å². The van der Waals surface area contributed by atoms with E-state index in [0.717, 1.165) is 31.6 Å². The normalized spacial score (nSPS) is 12.4. The van der Waals surface area contributed by atoms with E-state index >= 15 is 0 Å². The number of aryl methyl sites for hydroxylation is 1. The quantitative estimate of drug-likeness (QED) is 0.752. The van der Waals surface area contributed by atoms with Crippen LogP contribution in [0, 0.1) is 0 Å². The number of ether oxygens (including phenoxy) is 2. The molecular weight excluding hydrogens is 214 g/mol. The van der Waals surface area contributed by atoms with Crippen LogP contribution in [-0.2, 0) is 11.2 Å². The van der Waals surface area contributed by atoms with Crippen LogP contribution in [0.5, 0.6) is 5.75 Å². The van der Waals surface area contributed by atoms with Gasteiger partial charge in [0, 0.05) is 19.8 Å². The minimum atomic E-state index is 0.525. The van der Waals surface area contributed by atoms with Gasteiger partial charge in [-0.3, -0.25) is 0 Å². The van der Waals surface area contributed by atoms with E-state index < -0.39 is 0 Å². The van der Waals surface area contributed by atoms with Gasteiger partial charge in [0.1, 0.15) is 5.75 Å². The van der Waals surface area contributed by atoms with E-state index in [-0.39, 0.29) is 0 Å². The van der Waals surface area contributed by atoms with Crippen molar-refractivity contribution >= 4 is 0 Å². The van der Waals surface area contributed by atoms with Gasteiger partial charge in [0.2, 0.25) is 0 Å². The van der Waals surface area contributed by atoms with Crippen LogP contribution in [0.4, 0.5) is 0 Å². The summed E-state index contributed by atoms with van der Waals surface area (Å²) in [6.45, 7) is 0.814. The molecule has 0 aromatic heterocycles. The van der Waals surface area contributed by atoms with Gasteiger partial charge in [0.15, 0.2) is 0 Å². The standard InChI is InChI=1S/C14H23NO2/c1-15-13(10-11-16-2)7-4-12-5-8-14(17-3)9-6-12/h5-6,8-9,13,15H,4,7,10-11H2,1-3H3. The lowest BCUT2D eigenvalue weighted by Crippen LogP contribution is -2.27. The van der Waals surface area contributed by atoms with Crippen molar-refractivity contribution in [1.82, 2.24) is 5.32 Å². The summed E-state index contributed by atoms with van der Waals surface area (Å²) >= 11 is 0. The van der Waals surface area contributed by atoms with Gasteiger partial charge in [-0.05, 0) is 44.0 Å². The molecule has 17 heavy (non-hydrogen) atoms. The van der Waals surface area contributed by atoms with Crippen LogP contribution in [0.1, 0.15) is 18.4 Å². The highest BCUT2D eigenvalue weighted by molar-refractivity contribution is 5.27. The van der Waals surface area contributed by atoms with Crippen LogP contribution in [0.3, 0.4) is 0 Å². The average molecular weight is 237 g/mol. The number of rotatable bonds is 8. The predicted molar refractivity (Wildman–Crippen MR) is 70.7 cm³/mol. The van der Waals surface area contributed by atoms with Crippen LogP contribution in [0.2, 0.25) is 0 Å². The molecule has 1 aromatic carbocycles. The molecule has 1 atom stereocenters. The molecule has 96 valence electrons. The molecule has 0 amide bonds. The predicted octanol–water partition coefficient (Wildman–Crippen LogP) is 2.25. The molecule has 0 aliphatic heterocycles. The second kappa shape index (κ2) is 8.09. The summed E-state index contributed by atoms with van der Waals surface area (Å²) in [7, 11) is 5.45. The van der Waals surface area contributed by atoms with Crippen molar-refractivity contribution in [2.24, 2.45) is 0 Å². The second-order valence-corrected chi connectivity index (χ2v) is 4.15. The zero-order valence-electron chi connectivity index (χ0n) is 11.0. The molecule has 1 aromatic rings. The Morgan fingerprint density at radius 3 is 2.35 bits per heavy atom. The SMILES string of the molecule is CNC(CCOC)CCc1ccc(OC)cc1. The number of methoxy groups -OCH3 is 2. The summed E-state index contributed by atoms with van der Waals surface area (Å²) in [5.74, 6) is 0.915. The van der Waals surface area contributed by atoms with Gasteiger partial charge in [0.05, 0.1) is 7.11 Å². The van der Waals surface area contributed by atoms with Crippen molar-refractivity contribution in [2.45, 2.75) is 25.3 Å². The van der Waals surface area contributed by atoms with Crippen LogP contribution in [0.15, 0.2) is 24.3 Å². The van der Waals surface area contributed by atoms with Crippen molar-refractivity contribution in [3.8, 4) is 5.75 Å². The summed E-state index contributed by atoms with van der Waals surface area (Å²) in [6.07, 6.45) is 3.27. The maximum absolute atomic E-state index is 5.14. The van der Waals surface area contributed by atoms with E-state index in [0.29, 0.717) is 6.04 Å². The molecule has 1 N–H and O–H groups in total. The first-order valence-electron chi connectivity index (χ1n) is 6.09. The Bertz CT molecular complexity index is 298. The minimum absolute atomic E-state index is 0.525. The van der Waals surface area contributed by atoms with Crippen LogP contribution in [0.25, 0.3) is 0 Å². The highest BCUT2D eigenvalue weighted by Crippen LogP contribution is 2.13. The van der Waals surface area contributed by atoms with E-state index in [4.69, 9.17) is 9.47 Å². The van der Waals surface area contributed by atoms with Gasteiger partial charge >= 0.3 is 0 Å². The molecule has 1 unspecified atom stereocenters.